The van der Waals surface area contributed by atoms with Gasteiger partial charge in [-0.1, -0.05) is 30.3 Å². The third-order valence-corrected chi connectivity index (χ3v) is 5.61. The molecule has 1 atom stereocenters. The fourth-order valence-corrected chi connectivity index (χ4v) is 4.00. The van der Waals surface area contributed by atoms with E-state index in [4.69, 9.17) is 14.2 Å². The highest BCUT2D eigenvalue weighted by Gasteiger charge is 2.20. The maximum Gasteiger partial charge on any atom is 0.265 e. The third-order valence-electron chi connectivity index (χ3n) is 5.61. The first-order chi connectivity index (χ1) is 16.7. The van der Waals surface area contributed by atoms with Crippen molar-refractivity contribution in [1.82, 2.24) is 4.57 Å². The first kappa shape index (κ1) is 21.6. The molecule has 0 fully saturated rings. The van der Waals surface area contributed by atoms with Crippen molar-refractivity contribution in [3.05, 3.63) is 88.7 Å². The fraction of sp³-hybridized carbons (Fsp3) is 0.185. The van der Waals surface area contributed by atoms with E-state index in [1.54, 1.807) is 48.7 Å². The normalized spacial score (nSPS) is 15.0. The Balaban J connectivity index is 1.49. The quantitative estimate of drug-likeness (QED) is 0.436. The first-order valence-electron chi connectivity index (χ1n) is 11.1. The van der Waals surface area contributed by atoms with Crippen molar-refractivity contribution in [2.24, 2.45) is 4.99 Å². The van der Waals surface area contributed by atoms with Crippen LogP contribution in [0, 0.1) is 0 Å². The molecule has 1 aliphatic rings. The summed E-state index contributed by atoms with van der Waals surface area (Å²) in [5.41, 5.74) is 0.684. The lowest BCUT2D eigenvalue weighted by Gasteiger charge is -2.25. The second-order valence-electron chi connectivity index (χ2n) is 7.84. The highest BCUT2D eigenvalue weighted by Crippen LogP contribution is 2.31. The van der Waals surface area contributed by atoms with E-state index in [0.29, 0.717) is 59.0 Å². The first-order valence-corrected chi connectivity index (χ1v) is 11.1. The molecule has 3 aromatic carbocycles. The maximum atomic E-state index is 13.2. The number of hydrogen-bond acceptors (Lipinski definition) is 6. The zero-order valence-electron chi connectivity index (χ0n) is 18.7. The van der Waals surface area contributed by atoms with E-state index in [2.05, 4.69) is 4.99 Å². The molecule has 1 N–H and O–H groups in total. The van der Waals surface area contributed by atoms with Gasteiger partial charge in [-0.15, -0.1) is 0 Å². The summed E-state index contributed by atoms with van der Waals surface area (Å²) in [4.78, 5) is 17.8. The van der Waals surface area contributed by atoms with E-state index < -0.39 is 0 Å². The van der Waals surface area contributed by atoms with Crippen LogP contribution in [0.3, 0.4) is 0 Å². The van der Waals surface area contributed by atoms with Crippen molar-refractivity contribution < 1.29 is 19.3 Å². The molecule has 5 rings (SSSR count). The van der Waals surface area contributed by atoms with Gasteiger partial charge in [0.1, 0.15) is 12.4 Å². The van der Waals surface area contributed by atoms with Crippen LogP contribution in [0.2, 0.25) is 0 Å². The molecule has 0 amide bonds. The molecule has 7 nitrogen and oxygen atoms in total. The van der Waals surface area contributed by atoms with Gasteiger partial charge in [0.2, 0.25) is 5.88 Å². The second-order valence-corrected chi connectivity index (χ2v) is 7.84. The number of rotatable bonds is 6. The number of benzene rings is 3. The lowest BCUT2D eigenvalue weighted by molar-refractivity contribution is 0.0973. The number of aliphatic imine (C=N–C) groups is 1. The van der Waals surface area contributed by atoms with Crippen LogP contribution >= 0.6 is 0 Å². The predicted octanol–water partition coefficient (Wildman–Crippen LogP) is 4.35. The Hall–Kier alpha value is -4.26. The van der Waals surface area contributed by atoms with E-state index in [9.17, 15) is 9.90 Å². The van der Waals surface area contributed by atoms with E-state index in [0.717, 1.165) is 0 Å². The topological polar surface area (TPSA) is 82.3 Å². The van der Waals surface area contributed by atoms with Crippen molar-refractivity contribution in [2.75, 3.05) is 19.8 Å². The molecule has 0 aliphatic carbocycles. The summed E-state index contributed by atoms with van der Waals surface area (Å²) >= 11 is 0. The van der Waals surface area contributed by atoms with Crippen LogP contribution in [-0.4, -0.2) is 41.8 Å². The Morgan fingerprint density at radius 1 is 1.03 bits per heavy atom. The summed E-state index contributed by atoms with van der Waals surface area (Å²) < 4.78 is 18.5. The Morgan fingerprint density at radius 3 is 2.50 bits per heavy atom. The molecule has 172 valence electrons. The van der Waals surface area contributed by atoms with Crippen molar-refractivity contribution in [1.29, 1.82) is 0 Å². The highest BCUT2D eigenvalue weighted by molar-refractivity contribution is 6.01. The smallest absolute Gasteiger partial charge is 0.265 e. The molecule has 2 heterocycles. The number of nitrogens with zero attached hydrogens (tertiary/aromatic N) is 2. The standard InChI is InChI=1S/C27H24N2O5/c1-2-32-19-13-11-18(12-14-19)29-26(30)22-8-4-3-7-21(22)23(27(29)31)16-28-15-20-17-33-24-9-5-6-10-25(24)34-20/h3-14,16,20,31H,2,15,17H2,1H3/t20-/m0/s1. The van der Waals surface area contributed by atoms with Crippen LogP contribution in [0.1, 0.15) is 12.5 Å². The third kappa shape index (κ3) is 4.08. The number of pyridine rings is 1. The number of aromatic hydroxyl groups is 1. The Morgan fingerprint density at radius 2 is 1.74 bits per heavy atom. The fourth-order valence-electron chi connectivity index (χ4n) is 4.00. The number of ether oxygens (including phenoxy) is 3. The van der Waals surface area contributed by atoms with Crippen LogP contribution in [-0.2, 0) is 0 Å². The molecule has 0 bridgehead atoms. The van der Waals surface area contributed by atoms with Gasteiger partial charge >= 0.3 is 0 Å². The number of aromatic nitrogens is 1. The number of fused-ring (bicyclic) bond motifs is 2. The van der Waals surface area contributed by atoms with Crippen molar-refractivity contribution in [3.8, 4) is 28.8 Å². The lowest BCUT2D eigenvalue weighted by Crippen LogP contribution is -2.31. The van der Waals surface area contributed by atoms with E-state index in [1.165, 1.54) is 4.57 Å². The molecule has 1 aliphatic heterocycles. The maximum absolute atomic E-state index is 13.2. The minimum absolute atomic E-state index is 0.178. The molecule has 0 saturated carbocycles. The van der Waals surface area contributed by atoms with Gasteiger partial charge in [0.25, 0.3) is 5.56 Å². The molecule has 7 heteroatoms. The molecule has 34 heavy (non-hydrogen) atoms. The van der Waals surface area contributed by atoms with Crippen molar-refractivity contribution >= 4 is 17.0 Å². The number of hydrogen-bond donors (Lipinski definition) is 1. The predicted molar refractivity (Wildman–Crippen MR) is 131 cm³/mol. The minimum atomic E-state index is -0.310. The van der Waals surface area contributed by atoms with Gasteiger partial charge in [0.05, 0.1) is 24.4 Å². The summed E-state index contributed by atoms with van der Waals surface area (Å²) in [6.07, 6.45) is 1.34. The Kier molecular flexibility index (Phi) is 5.91. The number of para-hydroxylation sites is 2. The Bertz CT molecular complexity index is 1410. The molecule has 0 spiro atoms. The van der Waals surface area contributed by atoms with Crippen molar-refractivity contribution in [2.45, 2.75) is 13.0 Å². The van der Waals surface area contributed by atoms with Gasteiger partial charge in [0.15, 0.2) is 17.6 Å². The van der Waals surface area contributed by atoms with E-state index in [-0.39, 0.29) is 17.5 Å². The summed E-state index contributed by atoms with van der Waals surface area (Å²) in [5.74, 6) is 1.92. The summed E-state index contributed by atoms with van der Waals surface area (Å²) in [5, 5.41) is 12.3. The Labute approximate surface area is 196 Å². The van der Waals surface area contributed by atoms with Crippen LogP contribution in [0.15, 0.2) is 82.6 Å². The highest BCUT2D eigenvalue weighted by atomic mass is 16.6. The van der Waals surface area contributed by atoms with Gasteiger partial charge in [-0.25, -0.2) is 4.57 Å². The molecular weight excluding hydrogens is 432 g/mol. The molecule has 0 saturated heterocycles. The van der Waals surface area contributed by atoms with E-state index in [1.807, 2.05) is 37.3 Å². The monoisotopic (exact) mass is 456 g/mol. The van der Waals surface area contributed by atoms with Crippen LogP contribution in [0.4, 0.5) is 0 Å². The largest absolute Gasteiger partial charge is 0.494 e. The summed E-state index contributed by atoms with van der Waals surface area (Å²) in [6.45, 7) is 3.17. The molecule has 1 aromatic heterocycles. The van der Waals surface area contributed by atoms with Gasteiger partial charge in [-0.2, -0.15) is 0 Å². The average molecular weight is 456 g/mol. The summed E-state index contributed by atoms with van der Waals surface area (Å²) in [6, 6.07) is 21.7. The van der Waals surface area contributed by atoms with Crippen LogP contribution in [0.5, 0.6) is 23.1 Å². The SMILES string of the molecule is CCOc1ccc(-n2c(O)c(C=NC[C@H]3COc4ccccc4O3)c3ccccc3c2=O)cc1. The molecular formula is C27H24N2O5. The lowest BCUT2D eigenvalue weighted by atomic mass is 10.1. The van der Waals surface area contributed by atoms with Crippen LogP contribution < -0.4 is 19.8 Å². The van der Waals surface area contributed by atoms with Crippen molar-refractivity contribution in [3.63, 3.8) is 0 Å². The molecule has 4 aromatic rings. The molecule has 0 radical (unpaired) electrons. The average Bonchev–Trinajstić information content (AvgIpc) is 2.87. The minimum Gasteiger partial charge on any atom is -0.494 e. The van der Waals surface area contributed by atoms with Crippen LogP contribution in [0.25, 0.3) is 16.5 Å². The van der Waals surface area contributed by atoms with E-state index >= 15 is 0 Å². The van der Waals surface area contributed by atoms with Gasteiger partial charge < -0.3 is 19.3 Å². The zero-order valence-corrected chi connectivity index (χ0v) is 18.7. The zero-order chi connectivity index (χ0) is 23.5. The van der Waals surface area contributed by atoms with Gasteiger partial charge in [-0.05, 0) is 49.4 Å². The van der Waals surface area contributed by atoms with Gasteiger partial charge in [-0.3, -0.25) is 9.79 Å². The second kappa shape index (κ2) is 9.31. The summed E-state index contributed by atoms with van der Waals surface area (Å²) in [7, 11) is 0. The van der Waals surface area contributed by atoms with Gasteiger partial charge in [0, 0.05) is 17.0 Å². The molecule has 0 unspecified atom stereocenters.